The molecule has 0 bridgehead atoms. The van der Waals surface area contributed by atoms with Crippen LogP contribution in [0.1, 0.15) is 59.9 Å². The Hall–Kier alpha value is -4.08. The number of carbonyl (C=O) groups excluding carboxylic acids is 2. The van der Waals surface area contributed by atoms with Crippen molar-refractivity contribution in [2.45, 2.75) is 64.6 Å². The summed E-state index contributed by atoms with van der Waals surface area (Å²) in [5.41, 5.74) is 7.28. The summed E-state index contributed by atoms with van der Waals surface area (Å²) in [4.78, 5) is 32.0. The number of phenols is 1. The number of rotatable bonds is 12. The number of aliphatic hydroxyl groups excluding tert-OH is 2. The Kier molecular flexibility index (Phi) is 11.3. The van der Waals surface area contributed by atoms with E-state index in [0.717, 1.165) is 65.9 Å². The molecule has 3 aliphatic rings. The number of phenolic OH excluding ortho intramolecular Hbond substituents is 1. The van der Waals surface area contributed by atoms with E-state index in [1.165, 1.54) is 10.5 Å². The maximum Gasteiger partial charge on any atom is 0.234 e. The van der Waals surface area contributed by atoms with Gasteiger partial charge >= 0.3 is 0 Å². The average molecular weight is 679 g/mol. The summed E-state index contributed by atoms with van der Waals surface area (Å²) >= 11 is 0. The van der Waals surface area contributed by atoms with Crippen molar-refractivity contribution in [3.8, 4) is 5.75 Å². The zero-order valence-corrected chi connectivity index (χ0v) is 29.4. The van der Waals surface area contributed by atoms with Gasteiger partial charge in [0.1, 0.15) is 5.75 Å². The van der Waals surface area contributed by atoms with E-state index in [1.54, 1.807) is 7.11 Å². The van der Waals surface area contributed by atoms with Gasteiger partial charge in [-0.15, -0.1) is 0 Å². The molecule has 8 nitrogen and oxygen atoms in total. The van der Waals surface area contributed by atoms with Crippen molar-refractivity contribution in [3.63, 3.8) is 0 Å². The molecule has 0 spiro atoms. The van der Waals surface area contributed by atoms with Gasteiger partial charge in [0.05, 0.1) is 31.2 Å². The molecule has 6 rings (SSSR count). The molecule has 0 aromatic heterocycles. The van der Waals surface area contributed by atoms with Crippen molar-refractivity contribution in [3.05, 3.63) is 112 Å². The number of amides is 2. The van der Waals surface area contributed by atoms with E-state index in [9.17, 15) is 24.9 Å². The molecule has 2 amide bonds. The van der Waals surface area contributed by atoms with Crippen LogP contribution < -0.4 is 0 Å². The molecule has 2 fully saturated rings. The normalized spacial score (nSPS) is 22.7. The molecule has 3 aromatic carbocycles. The first-order valence-electron chi connectivity index (χ1n) is 17.9. The van der Waals surface area contributed by atoms with Crippen molar-refractivity contribution in [2.24, 2.45) is 17.8 Å². The Bertz CT molecular complexity index is 1700. The predicted molar refractivity (Wildman–Crippen MR) is 195 cm³/mol. The number of hydrogen-bond acceptors (Lipinski definition) is 7. The Labute approximate surface area is 295 Å². The minimum absolute atomic E-state index is 0.157. The summed E-state index contributed by atoms with van der Waals surface area (Å²) in [6.07, 6.45) is 3.81. The highest BCUT2D eigenvalue weighted by molar-refractivity contribution is 6.06. The molecule has 1 aliphatic carbocycles. The number of ether oxygens (including phenoxy) is 1. The Morgan fingerprint density at radius 3 is 2.22 bits per heavy atom. The van der Waals surface area contributed by atoms with E-state index in [1.807, 2.05) is 74.5 Å². The van der Waals surface area contributed by atoms with Gasteiger partial charge < -0.3 is 20.1 Å². The van der Waals surface area contributed by atoms with Gasteiger partial charge in [-0.05, 0) is 103 Å². The smallest absolute Gasteiger partial charge is 0.234 e. The van der Waals surface area contributed by atoms with Gasteiger partial charge in [-0.25, -0.2) is 0 Å². The highest BCUT2D eigenvalue weighted by atomic mass is 16.5. The molecule has 8 heteroatoms. The van der Waals surface area contributed by atoms with Gasteiger partial charge in [0.15, 0.2) is 0 Å². The molecule has 50 heavy (non-hydrogen) atoms. The summed E-state index contributed by atoms with van der Waals surface area (Å²) in [7, 11) is 1.59. The van der Waals surface area contributed by atoms with Gasteiger partial charge in [-0.1, -0.05) is 66.7 Å². The fourth-order valence-electron chi connectivity index (χ4n) is 8.50. The first-order chi connectivity index (χ1) is 24.2. The maximum absolute atomic E-state index is 14.2. The van der Waals surface area contributed by atoms with Crippen LogP contribution in [0, 0.1) is 31.6 Å². The van der Waals surface area contributed by atoms with Crippen molar-refractivity contribution in [1.82, 2.24) is 9.80 Å². The second-order valence-corrected chi connectivity index (χ2v) is 14.3. The zero-order valence-electron chi connectivity index (χ0n) is 29.4. The monoisotopic (exact) mass is 678 g/mol. The van der Waals surface area contributed by atoms with E-state index in [0.29, 0.717) is 24.8 Å². The number of likely N-dealkylation sites (tertiary alicyclic amines) is 2. The van der Waals surface area contributed by atoms with E-state index >= 15 is 0 Å². The van der Waals surface area contributed by atoms with Crippen LogP contribution in [0.5, 0.6) is 5.75 Å². The van der Waals surface area contributed by atoms with Gasteiger partial charge in [0.25, 0.3) is 0 Å². The molecular formula is C42H50N2O6. The van der Waals surface area contributed by atoms with E-state index < -0.39 is 23.9 Å². The Morgan fingerprint density at radius 2 is 1.60 bits per heavy atom. The number of imide groups is 1. The van der Waals surface area contributed by atoms with Gasteiger partial charge in [0, 0.05) is 38.7 Å². The first-order valence-corrected chi connectivity index (χ1v) is 17.9. The third-order valence-electron chi connectivity index (χ3n) is 10.9. The number of nitrogens with zero attached hydrogens (tertiary/aromatic N) is 2. The first kappa shape index (κ1) is 35.7. The van der Waals surface area contributed by atoms with Gasteiger partial charge in [-0.3, -0.25) is 19.4 Å². The van der Waals surface area contributed by atoms with Crippen LogP contribution in [0.25, 0.3) is 11.6 Å². The summed E-state index contributed by atoms with van der Waals surface area (Å²) in [5.74, 6) is -2.02. The standard InChI is InChI=1S/C42H50N2O6/c1-27-20-30(21-28(2)40(27)47)22-32(31-12-8-5-9-13-31)14-15-37(46)38-33(26-50-3)23-35-39(36(38)25-45)42(49)44(41(35)48)34-16-18-43(19-17-34)24-29-10-6-4-7-11-29/h4-13,20-22,34-37,39,45-47H,14-19,23-26H2,1-3H3/b32-22-/t35-,36+,37-,39-/m1/s1. The Balaban J connectivity index is 1.20. The number of hydrogen-bond donors (Lipinski definition) is 3. The third-order valence-corrected chi connectivity index (χ3v) is 10.9. The molecule has 3 N–H and O–H groups in total. The van der Waals surface area contributed by atoms with Gasteiger partial charge in [0.2, 0.25) is 11.8 Å². The van der Waals surface area contributed by atoms with Crippen molar-refractivity contribution in [2.75, 3.05) is 33.4 Å². The highest BCUT2D eigenvalue weighted by Gasteiger charge is 2.56. The van der Waals surface area contributed by atoms with Crippen LogP contribution in [-0.2, 0) is 20.9 Å². The largest absolute Gasteiger partial charge is 0.507 e. The van der Waals surface area contributed by atoms with Crippen molar-refractivity contribution in [1.29, 1.82) is 0 Å². The molecule has 0 saturated carbocycles. The predicted octanol–water partition coefficient (Wildman–Crippen LogP) is 5.91. The number of aliphatic hydroxyl groups is 2. The van der Waals surface area contributed by atoms with Crippen LogP contribution in [0.3, 0.4) is 0 Å². The summed E-state index contributed by atoms with van der Waals surface area (Å²) in [5, 5.41) is 33.1. The lowest BCUT2D eigenvalue weighted by Gasteiger charge is -2.37. The lowest BCUT2D eigenvalue weighted by Crippen LogP contribution is -2.47. The number of piperidine rings is 1. The fraction of sp³-hybridized carbons (Fsp3) is 0.429. The van der Waals surface area contributed by atoms with E-state index in [2.05, 4.69) is 23.1 Å². The molecule has 0 radical (unpaired) electrons. The second-order valence-electron chi connectivity index (χ2n) is 14.3. The number of aryl methyl sites for hydroxylation is 2. The second kappa shape index (κ2) is 15.9. The SMILES string of the molecule is COCC1=C([C@H](O)CC/C(=C/c2cc(C)c(O)c(C)c2)c2ccccc2)[C@H](CO)[C@@H]2C(=O)N(C3CCN(Cc4ccccc4)CC3)C(=O)[C@@H]2C1. The molecular weight excluding hydrogens is 628 g/mol. The minimum atomic E-state index is -0.938. The van der Waals surface area contributed by atoms with Crippen LogP contribution in [0.4, 0.5) is 0 Å². The number of aromatic hydroxyl groups is 1. The molecule has 0 unspecified atom stereocenters. The van der Waals surface area contributed by atoms with Crippen LogP contribution in [0.15, 0.2) is 83.9 Å². The quantitative estimate of drug-likeness (QED) is 0.124. The number of benzene rings is 3. The summed E-state index contributed by atoms with van der Waals surface area (Å²) < 4.78 is 5.58. The van der Waals surface area contributed by atoms with Crippen molar-refractivity contribution >= 4 is 23.5 Å². The number of allylic oxidation sites excluding steroid dienone is 1. The van der Waals surface area contributed by atoms with Crippen LogP contribution in [0.2, 0.25) is 0 Å². The molecule has 3 aromatic rings. The third kappa shape index (κ3) is 7.49. The summed E-state index contributed by atoms with van der Waals surface area (Å²) in [6.45, 7) is 6.09. The zero-order chi connectivity index (χ0) is 35.4. The number of methoxy groups -OCH3 is 1. The highest BCUT2D eigenvalue weighted by Crippen LogP contribution is 2.47. The van der Waals surface area contributed by atoms with E-state index in [-0.39, 0.29) is 36.8 Å². The number of fused-ring (bicyclic) bond motifs is 1. The maximum atomic E-state index is 14.2. The van der Waals surface area contributed by atoms with Crippen molar-refractivity contribution < 1.29 is 29.6 Å². The lowest BCUT2D eigenvalue weighted by molar-refractivity contribution is -0.144. The van der Waals surface area contributed by atoms with E-state index in [4.69, 9.17) is 4.74 Å². The lowest BCUT2D eigenvalue weighted by atomic mass is 9.68. The molecule has 4 atom stereocenters. The topological polar surface area (TPSA) is 111 Å². The molecule has 2 aliphatic heterocycles. The Morgan fingerprint density at radius 1 is 0.960 bits per heavy atom. The van der Waals surface area contributed by atoms with Gasteiger partial charge in [-0.2, -0.15) is 0 Å². The summed E-state index contributed by atoms with van der Waals surface area (Å²) in [6, 6.07) is 24.1. The van der Waals surface area contributed by atoms with Crippen LogP contribution in [-0.4, -0.2) is 82.5 Å². The molecule has 2 saturated heterocycles. The molecule has 2 heterocycles. The molecule has 264 valence electrons. The minimum Gasteiger partial charge on any atom is -0.507 e. The average Bonchev–Trinajstić information content (AvgIpc) is 3.37. The van der Waals surface area contributed by atoms with Crippen LogP contribution >= 0.6 is 0 Å². The number of carbonyl (C=O) groups is 2. The fourth-order valence-corrected chi connectivity index (χ4v) is 8.50.